The minimum atomic E-state index is -4.66. The first kappa shape index (κ1) is 61.1. The number of nitrogens with zero attached hydrogens (tertiary/aromatic N) is 8. The van der Waals surface area contributed by atoms with Gasteiger partial charge in [-0.3, -0.25) is 27.1 Å². The molecule has 2 saturated heterocycles. The number of aliphatic hydroxyl groups excluding tert-OH is 4. The molecule has 408 valence electrons. The van der Waals surface area contributed by atoms with Crippen LogP contribution in [0.1, 0.15) is 67.8 Å². The summed E-state index contributed by atoms with van der Waals surface area (Å²) in [4.78, 5) is 50.7. The number of aromatic nitrogens is 8. The average Bonchev–Trinajstić information content (AvgIpc) is 4.15. The molecule has 8 rings (SSSR count). The number of para-hydroxylation sites is 2. The number of rotatable bonds is 18. The molecule has 6 heterocycles. The summed E-state index contributed by atoms with van der Waals surface area (Å²) >= 11 is 0. The summed E-state index contributed by atoms with van der Waals surface area (Å²) in [5, 5.41) is 71.1. The van der Waals surface area contributed by atoms with Crippen molar-refractivity contribution in [3.05, 3.63) is 85.0 Å². The van der Waals surface area contributed by atoms with Gasteiger partial charge in [-0.1, -0.05) is 60.0 Å². The van der Waals surface area contributed by atoms with Crippen LogP contribution in [0.25, 0.3) is 22.3 Å². The average molecular weight is 1110 g/mol. The zero-order chi connectivity index (χ0) is 54.8. The van der Waals surface area contributed by atoms with Crippen LogP contribution in [-0.2, 0) is 38.4 Å². The predicted octanol–water partition coefficient (Wildman–Crippen LogP) is -5.78. The van der Waals surface area contributed by atoms with E-state index in [0.717, 1.165) is 18.2 Å². The smallest absolute Gasteiger partial charge is 0.872 e. The van der Waals surface area contributed by atoms with Gasteiger partial charge >= 0.3 is 50.2 Å². The minimum absolute atomic E-state index is 0. The van der Waals surface area contributed by atoms with Gasteiger partial charge in [-0.25, -0.2) is 39.3 Å². The number of anilines is 2. The first-order chi connectivity index (χ1) is 35.6. The van der Waals surface area contributed by atoms with E-state index < -0.39 is 106 Å². The molecule has 8 atom stereocenters. The van der Waals surface area contributed by atoms with Gasteiger partial charge in [0.05, 0.1) is 45.5 Å². The number of benzene rings is 2. The fourth-order valence-electron chi connectivity index (χ4n) is 7.60. The second-order valence-corrected chi connectivity index (χ2v) is 19.6. The van der Waals surface area contributed by atoms with Gasteiger partial charge in [-0.05, 0) is 34.6 Å². The molecule has 0 radical (unpaired) electrons. The van der Waals surface area contributed by atoms with Gasteiger partial charge in [0.2, 0.25) is 0 Å². The number of hydrogen-bond acceptors (Lipinski definition) is 24. The van der Waals surface area contributed by atoms with Crippen LogP contribution in [0.15, 0.2) is 73.8 Å². The number of carbonyl (C=O) groups excluding carboxylic acids is 2. The Bertz CT molecular complexity index is 3130. The van der Waals surface area contributed by atoms with Crippen LogP contribution >= 0.6 is 0 Å². The van der Waals surface area contributed by atoms with Gasteiger partial charge in [-0.15, -0.1) is 0 Å². The molecule has 2 aliphatic rings. The number of hydrogen-bond donors (Lipinski definition) is 9. The second-order valence-electron chi connectivity index (χ2n) is 16.9. The largest absolute Gasteiger partial charge is 1.00 e. The Morgan fingerprint density at radius 2 is 1.05 bits per heavy atom. The molecule has 0 spiro atoms. The van der Waals surface area contributed by atoms with Crippen LogP contribution in [0, 0.1) is 0 Å². The SMILES string of the molecule is CC(C)Nc1ncnc2c1ncn2[C@@H]1O[C@H](COS(=O)(=O)NC(=O)c2ccccc2[O-])[C@@H](O)[C@H]1O.CC[NH+](CC)CC.CNc1ncnc2c1ncn2[C@@H]1O[C@H](COS(=O)(=O)NC(=O)c2ccccc2[O-])[C@@H](O)[C@H]1O.[Na+]. The summed E-state index contributed by atoms with van der Waals surface area (Å²) in [7, 11) is -7.66. The third-order valence-corrected chi connectivity index (χ3v) is 13.3. The third kappa shape index (κ3) is 14.8. The first-order valence-corrected chi connectivity index (χ1v) is 26.1. The first-order valence-electron chi connectivity index (χ1n) is 23.2. The van der Waals surface area contributed by atoms with Crippen molar-refractivity contribution in [3.8, 4) is 11.5 Å². The molecule has 0 bridgehead atoms. The Morgan fingerprint density at radius 1 is 0.658 bits per heavy atom. The standard InChI is InChI=1S/C20H24N6O8S.C18H20N6O8S.C6H15N.Na/c1-10(2)24-17-14-18(22-8-21-17)26(9-23-14)20-16(29)15(28)13(34-20)7-33-35(31,32)25-19(30)11-5-3-4-6-12(11)27;1-19-15-12-16(21-7-20-15)24(8-22-12)18-14(27)13(26)11(32-18)6-31-33(29,30)23-17(28)9-4-2-3-5-10(9)25;1-4-7(5-2)6-3;/h3-6,8-10,13,15-16,20,27-29H,7H2,1-2H3,(H,25,30)(H,21,22,24);2-5,7-8,11,13-14,18,25-27H,6H2,1H3,(H,23,28)(H,19,20,21);4-6H2,1-3H3;/q;;;+1/p-1/t13-,15-,16-,20-;11-,13-,14-,18-;;/m11../s1. The molecule has 4 aromatic heterocycles. The molecular weight excluding hydrogens is 1050 g/mol. The van der Waals surface area contributed by atoms with E-state index in [4.69, 9.17) is 17.8 Å². The van der Waals surface area contributed by atoms with E-state index >= 15 is 0 Å². The maximum Gasteiger partial charge on any atom is 1.00 e. The van der Waals surface area contributed by atoms with Crippen molar-refractivity contribution in [2.45, 2.75) is 89.7 Å². The number of aliphatic hydroxyl groups is 4. The van der Waals surface area contributed by atoms with Crippen molar-refractivity contribution in [3.63, 3.8) is 0 Å². The van der Waals surface area contributed by atoms with E-state index in [1.165, 1.54) is 84.4 Å². The molecule has 32 heteroatoms. The Morgan fingerprint density at radius 3 is 1.42 bits per heavy atom. The van der Waals surface area contributed by atoms with E-state index in [2.05, 4.69) is 61.3 Å². The summed E-state index contributed by atoms with van der Waals surface area (Å²) in [5.41, 5.74) is 0.671. The second kappa shape index (κ2) is 27.0. The van der Waals surface area contributed by atoms with Crippen LogP contribution in [0.2, 0.25) is 0 Å². The predicted molar refractivity (Wildman–Crippen MR) is 260 cm³/mol. The number of fused-ring (bicyclic) bond motifs is 2. The number of quaternary nitrogens is 1. The summed E-state index contributed by atoms with van der Waals surface area (Å²) in [6.45, 7) is 12.9. The Kier molecular flexibility index (Phi) is 21.7. The van der Waals surface area contributed by atoms with Crippen molar-refractivity contribution >= 4 is 66.4 Å². The maximum atomic E-state index is 12.2. The van der Waals surface area contributed by atoms with Crippen LogP contribution in [0.3, 0.4) is 0 Å². The van der Waals surface area contributed by atoms with E-state index in [1.807, 2.05) is 13.8 Å². The number of ether oxygens (including phenoxy) is 2. The van der Waals surface area contributed by atoms with Crippen molar-refractivity contribution in [2.24, 2.45) is 0 Å². The van der Waals surface area contributed by atoms with Crippen molar-refractivity contribution in [1.82, 2.24) is 48.5 Å². The summed E-state index contributed by atoms with van der Waals surface area (Å²) < 4.78 is 75.4. The van der Waals surface area contributed by atoms with Crippen molar-refractivity contribution in [1.29, 1.82) is 0 Å². The molecule has 9 N–H and O–H groups in total. The van der Waals surface area contributed by atoms with Gasteiger partial charge in [0.1, 0.15) is 54.8 Å². The fraction of sp³-hybridized carbons (Fsp3) is 0.455. The Balaban J connectivity index is 0.000000247. The number of nitrogens with one attached hydrogen (secondary N) is 5. The van der Waals surface area contributed by atoms with Crippen LogP contribution in [0.4, 0.5) is 11.6 Å². The van der Waals surface area contributed by atoms with Crippen LogP contribution in [-0.4, -0.2) is 171 Å². The van der Waals surface area contributed by atoms with E-state index in [0.29, 0.717) is 34.0 Å². The van der Waals surface area contributed by atoms with Crippen LogP contribution < -0.4 is 64.7 Å². The zero-order valence-corrected chi connectivity index (χ0v) is 45.9. The summed E-state index contributed by atoms with van der Waals surface area (Å²) in [6, 6.07) is 10.2. The quantitative estimate of drug-likeness (QED) is 0.0362. The normalized spacial score (nSPS) is 21.3. The van der Waals surface area contributed by atoms with Crippen molar-refractivity contribution in [2.75, 3.05) is 50.5 Å². The molecule has 0 saturated carbocycles. The molecule has 2 aromatic carbocycles. The molecule has 0 unspecified atom stereocenters. The van der Waals surface area contributed by atoms with Gasteiger partial charge in [0, 0.05) is 24.2 Å². The summed E-state index contributed by atoms with van der Waals surface area (Å²) in [6.07, 6.45) is -5.57. The van der Waals surface area contributed by atoms with Crippen LogP contribution in [0.5, 0.6) is 11.5 Å². The van der Waals surface area contributed by atoms with Gasteiger partial charge in [0.25, 0.3) is 11.8 Å². The van der Waals surface area contributed by atoms with Crippen molar-refractivity contribution < 1.29 is 109 Å². The Labute approximate surface area is 458 Å². The zero-order valence-electron chi connectivity index (χ0n) is 42.2. The van der Waals surface area contributed by atoms with Gasteiger partial charge in [-0.2, -0.15) is 16.8 Å². The molecule has 29 nitrogen and oxygen atoms in total. The summed E-state index contributed by atoms with van der Waals surface area (Å²) in [5.74, 6) is -2.76. The molecule has 0 aliphatic carbocycles. The molecule has 2 aliphatic heterocycles. The van der Waals surface area contributed by atoms with Gasteiger partial charge < -0.3 is 55.6 Å². The number of amides is 2. The van der Waals surface area contributed by atoms with E-state index in [9.17, 15) is 57.1 Å². The number of carbonyl (C=O) groups is 2. The topological polar surface area (TPSA) is 406 Å². The molecule has 2 fully saturated rings. The van der Waals surface area contributed by atoms with E-state index in [-0.39, 0.29) is 46.7 Å². The molecule has 6 aromatic rings. The van der Waals surface area contributed by atoms with Gasteiger partial charge in [0.15, 0.2) is 40.9 Å². The maximum absolute atomic E-state index is 12.2. The number of imidazole rings is 2. The molecule has 76 heavy (non-hydrogen) atoms. The Hall–Kier alpha value is -5.78. The molecule has 2 amide bonds. The molecular formula is C44H58N13NaO16S2. The van der Waals surface area contributed by atoms with E-state index in [1.54, 1.807) is 21.4 Å². The fourth-order valence-corrected chi connectivity index (χ4v) is 9.02. The minimum Gasteiger partial charge on any atom is -0.872 e. The third-order valence-electron chi connectivity index (χ3n) is 11.6. The monoisotopic (exact) mass is 1110 g/mol.